The van der Waals surface area contributed by atoms with Gasteiger partial charge in [-0.25, -0.2) is 4.98 Å². The maximum absolute atomic E-state index is 13.3. The Morgan fingerprint density at radius 2 is 1.72 bits per heavy atom. The second-order valence-electron chi connectivity index (χ2n) is 8.26. The van der Waals surface area contributed by atoms with E-state index >= 15 is 0 Å². The van der Waals surface area contributed by atoms with Gasteiger partial charge in [0.15, 0.2) is 0 Å². The molecule has 2 amide bonds. The summed E-state index contributed by atoms with van der Waals surface area (Å²) >= 11 is 0. The number of hydrogen-bond donors (Lipinski definition) is 2. The number of nitrogens with one attached hydrogen (secondary N) is 2. The van der Waals surface area contributed by atoms with Gasteiger partial charge in [0.1, 0.15) is 5.82 Å². The zero-order valence-corrected chi connectivity index (χ0v) is 18.5. The lowest BCUT2D eigenvalue weighted by molar-refractivity contribution is -0.121. The number of rotatable bonds is 5. The van der Waals surface area contributed by atoms with Crippen LogP contribution in [-0.4, -0.2) is 34.8 Å². The summed E-state index contributed by atoms with van der Waals surface area (Å²) in [6, 6.07) is 19.2. The molecule has 1 aliphatic rings. The number of aryl methyl sites for hydroxylation is 2. The number of hydrogen-bond acceptors (Lipinski definition) is 4. The number of para-hydroxylation sites is 1. The van der Waals surface area contributed by atoms with E-state index in [1.54, 1.807) is 18.3 Å². The average molecular weight is 429 g/mol. The van der Waals surface area contributed by atoms with E-state index in [-0.39, 0.29) is 17.7 Å². The third-order valence-corrected chi connectivity index (χ3v) is 5.87. The zero-order chi connectivity index (χ0) is 22.5. The van der Waals surface area contributed by atoms with Gasteiger partial charge < -0.3 is 15.5 Å². The van der Waals surface area contributed by atoms with Crippen molar-refractivity contribution in [2.45, 2.75) is 26.7 Å². The molecule has 1 saturated heterocycles. The second-order valence-corrected chi connectivity index (χ2v) is 8.26. The second kappa shape index (κ2) is 9.64. The number of anilines is 3. The van der Waals surface area contributed by atoms with Gasteiger partial charge in [0.05, 0.1) is 5.56 Å². The molecule has 0 unspecified atom stereocenters. The van der Waals surface area contributed by atoms with E-state index in [0.717, 1.165) is 16.9 Å². The third kappa shape index (κ3) is 4.97. The SMILES string of the molecule is Cc1ccc(Nc2ncccc2C(=O)N2CCC(C(=O)Nc3ccccc3)CC2)c(C)c1. The Balaban J connectivity index is 1.41. The summed E-state index contributed by atoms with van der Waals surface area (Å²) in [6.45, 7) is 5.18. The number of benzene rings is 2. The van der Waals surface area contributed by atoms with Crippen molar-refractivity contribution in [1.82, 2.24) is 9.88 Å². The van der Waals surface area contributed by atoms with Crippen LogP contribution in [0.1, 0.15) is 34.3 Å². The Morgan fingerprint density at radius 3 is 2.44 bits per heavy atom. The molecule has 164 valence electrons. The smallest absolute Gasteiger partial charge is 0.257 e. The first-order valence-electron chi connectivity index (χ1n) is 11.0. The van der Waals surface area contributed by atoms with Crippen molar-refractivity contribution >= 4 is 29.0 Å². The van der Waals surface area contributed by atoms with Crippen molar-refractivity contribution in [2.75, 3.05) is 23.7 Å². The highest BCUT2D eigenvalue weighted by Gasteiger charge is 2.29. The molecule has 3 aromatic rings. The maximum Gasteiger partial charge on any atom is 0.257 e. The van der Waals surface area contributed by atoms with Crippen LogP contribution in [0.4, 0.5) is 17.2 Å². The molecular weight excluding hydrogens is 400 g/mol. The predicted octanol–water partition coefficient (Wildman–Crippen LogP) is 4.93. The first-order valence-corrected chi connectivity index (χ1v) is 11.0. The molecule has 4 rings (SSSR count). The number of likely N-dealkylation sites (tertiary alicyclic amines) is 1. The predicted molar refractivity (Wildman–Crippen MR) is 127 cm³/mol. The zero-order valence-electron chi connectivity index (χ0n) is 18.5. The van der Waals surface area contributed by atoms with Crippen LogP contribution in [0.15, 0.2) is 66.9 Å². The van der Waals surface area contributed by atoms with Gasteiger partial charge in [0.2, 0.25) is 5.91 Å². The fourth-order valence-electron chi connectivity index (χ4n) is 4.04. The van der Waals surface area contributed by atoms with Gasteiger partial charge >= 0.3 is 0 Å². The van der Waals surface area contributed by atoms with E-state index in [9.17, 15) is 9.59 Å². The summed E-state index contributed by atoms with van der Waals surface area (Å²) in [5.74, 6) is 0.406. The number of amides is 2. The Morgan fingerprint density at radius 1 is 0.969 bits per heavy atom. The van der Waals surface area contributed by atoms with Crippen LogP contribution < -0.4 is 10.6 Å². The average Bonchev–Trinajstić information content (AvgIpc) is 2.81. The normalized spacial score (nSPS) is 14.1. The molecule has 0 bridgehead atoms. The van der Waals surface area contributed by atoms with Crippen LogP contribution in [0.3, 0.4) is 0 Å². The molecule has 6 heteroatoms. The minimum absolute atomic E-state index is 0.0156. The summed E-state index contributed by atoms with van der Waals surface area (Å²) in [5.41, 5.74) is 4.55. The largest absolute Gasteiger partial charge is 0.339 e. The Hall–Kier alpha value is -3.67. The molecule has 0 radical (unpaired) electrons. The van der Waals surface area contributed by atoms with E-state index < -0.39 is 0 Å². The monoisotopic (exact) mass is 428 g/mol. The van der Waals surface area contributed by atoms with Gasteiger partial charge in [-0.15, -0.1) is 0 Å². The topological polar surface area (TPSA) is 74.3 Å². The molecular formula is C26H28N4O2. The molecule has 0 spiro atoms. The Kier molecular flexibility index (Phi) is 6.50. The molecule has 2 N–H and O–H groups in total. The van der Waals surface area contributed by atoms with Crippen LogP contribution in [0.5, 0.6) is 0 Å². The third-order valence-electron chi connectivity index (χ3n) is 5.87. The summed E-state index contributed by atoms with van der Waals surface area (Å²) in [5, 5.41) is 6.29. The lowest BCUT2D eigenvalue weighted by Crippen LogP contribution is -2.41. The fraction of sp³-hybridized carbons (Fsp3) is 0.269. The van der Waals surface area contributed by atoms with Crippen LogP contribution in [0.2, 0.25) is 0 Å². The lowest BCUT2D eigenvalue weighted by Gasteiger charge is -2.31. The molecule has 1 aliphatic heterocycles. The van der Waals surface area contributed by atoms with Crippen molar-refractivity contribution in [1.29, 1.82) is 0 Å². The van der Waals surface area contributed by atoms with Crippen LogP contribution in [0, 0.1) is 19.8 Å². The van der Waals surface area contributed by atoms with Crippen molar-refractivity contribution < 1.29 is 9.59 Å². The van der Waals surface area contributed by atoms with Crippen LogP contribution >= 0.6 is 0 Å². The van der Waals surface area contributed by atoms with Crippen molar-refractivity contribution in [3.8, 4) is 0 Å². The summed E-state index contributed by atoms with van der Waals surface area (Å²) < 4.78 is 0. The number of carbonyl (C=O) groups excluding carboxylic acids is 2. The van der Waals surface area contributed by atoms with Gasteiger partial charge in [-0.2, -0.15) is 0 Å². The number of pyridine rings is 1. The van der Waals surface area contributed by atoms with E-state index in [1.807, 2.05) is 54.3 Å². The van der Waals surface area contributed by atoms with Gasteiger partial charge in [-0.3, -0.25) is 9.59 Å². The Labute approximate surface area is 188 Å². The standard InChI is InChI=1S/C26H28N4O2/c1-18-10-11-23(19(2)17-18)29-24-22(9-6-14-27-24)26(32)30-15-12-20(13-16-30)25(31)28-21-7-4-3-5-8-21/h3-11,14,17,20H,12-13,15-16H2,1-2H3,(H,27,29)(H,28,31). The molecule has 0 atom stereocenters. The quantitative estimate of drug-likeness (QED) is 0.604. The molecule has 2 heterocycles. The van der Waals surface area contributed by atoms with Crippen LogP contribution in [0.25, 0.3) is 0 Å². The van der Waals surface area contributed by atoms with E-state index in [2.05, 4.69) is 28.6 Å². The first-order chi connectivity index (χ1) is 15.5. The van der Waals surface area contributed by atoms with Crippen molar-refractivity contribution in [2.24, 2.45) is 5.92 Å². The minimum atomic E-state index is -0.0963. The molecule has 0 saturated carbocycles. The molecule has 2 aromatic carbocycles. The number of nitrogens with zero attached hydrogens (tertiary/aromatic N) is 2. The molecule has 1 fully saturated rings. The highest BCUT2D eigenvalue weighted by Crippen LogP contribution is 2.26. The van der Waals surface area contributed by atoms with Crippen LogP contribution in [-0.2, 0) is 4.79 Å². The minimum Gasteiger partial charge on any atom is -0.339 e. The molecule has 0 aliphatic carbocycles. The highest BCUT2D eigenvalue weighted by molar-refractivity contribution is 5.99. The van der Waals surface area contributed by atoms with E-state index in [1.165, 1.54) is 5.56 Å². The summed E-state index contributed by atoms with van der Waals surface area (Å²) in [7, 11) is 0. The van der Waals surface area contributed by atoms with Gasteiger partial charge in [-0.1, -0.05) is 35.9 Å². The van der Waals surface area contributed by atoms with Gasteiger partial charge in [0.25, 0.3) is 5.91 Å². The van der Waals surface area contributed by atoms with E-state index in [4.69, 9.17) is 0 Å². The first kappa shape index (κ1) is 21.6. The molecule has 1 aromatic heterocycles. The summed E-state index contributed by atoms with van der Waals surface area (Å²) in [6.07, 6.45) is 2.97. The summed E-state index contributed by atoms with van der Waals surface area (Å²) in [4.78, 5) is 32.1. The van der Waals surface area contributed by atoms with Gasteiger partial charge in [-0.05, 0) is 62.6 Å². The molecule has 6 nitrogen and oxygen atoms in total. The lowest BCUT2D eigenvalue weighted by atomic mass is 9.95. The fourth-order valence-corrected chi connectivity index (χ4v) is 4.04. The number of aromatic nitrogens is 1. The van der Waals surface area contributed by atoms with Crippen molar-refractivity contribution in [3.63, 3.8) is 0 Å². The molecule has 32 heavy (non-hydrogen) atoms. The number of piperidine rings is 1. The number of carbonyl (C=O) groups is 2. The van der Waals surface area contributed by atoms with Crippen molar-refractivity contribution in [3.05, 3.63) is 83.6 Å². The Bertz CT molecular complexity index is 1110. The highest BCUT2D eigenvalue weighted by atomic mass is 16.2. The maximum atomic E-state index is 13.3. The van der Waals surface area contributed by atoms with Gasteiger partial charge in [0, 0.05) is 36.6 Å². The van der Waals surface area contributed by atoms with E-state index in [0.29, 0.717) is 37.3 Å².